The van der Waals surface area contributed by atoms with E-state index in [0.29, 0.717) is 22.9 Å². The molecule has 2 aromatic heterocycles. The number of ether oxygens (including phenoxy) is 1. The maximum Gasteiger partial charge on any atom is 0.296 e. The lowest BCUT2D eigenvalue weighted by Gasteiger charge is -2.02. The van der Waals surface area contributed by atoms with E-state index in [1.807, 2.05) is 12.3 Å². The summed E-state index contributed by atoms with van der Waals surface area (Å²) in [5.41, 5.74) is 7.68. The Morgan fingerprint density at radius 2 is 2.24 bits per heavy atom. The van der Waals surface area contributed by atoms with Crippen LogP contribution in [0.25, 0.3) is 0 Å². The van der Waals surface area contributed by atoms with E-state index in [4.69, 9.17) is 10.5 Å². The van der Waals surface area contributed by atoms with Crippen LogP contribution in [0.2, 0.25) is 0 Å². The molecule has 2 heterocycles. The Morgan fingerprint density at radius 3 is 2.82 bits per heavy atom. The summed E-state index contributed by atoms with van der Waals surface area (Å²) in [4.78, 5) is 4.42. The van der Waals surface area contributed by atoms with Crippen molar-refractivity contribution < 1.29 is 4.74 Å². The predicted octanol–water partition coefficient (Wildman–Crippen LogP) is 1.97. The Kier molecular flexibility index (Phi) is 2.64. The minimum atomic E-state index is 0.419. The minimum absolute atomic E-state index is 0.419. The first-order valence-corrected chi connectivity index (χ1v) is 6.29. The quantitative estimate of drug-likeness (QED) is 0.895. The fourth-order valence-electron chi connectivity index (χ4n) is 1.57. The van der Waals surface area contributed by atoms with Crippen LogP contribution in [-0.2, 0) is 6.61 Å². The number of nitrogens with zero attached hydrogens (tertiary/aromatic N) is 3. The van der Waals surface area contributed by atoms with Crippen molar-refractivity contribution in [3.8, 4) is 5.19 Å². The fourth-order valence-corrected chi connectivity index (χ4v) is 2.03. The Labute approximate surface area is 103 Å². The highest BCUT2D eigenvalue weighted by Gasteiger charge is 2.24. The van der Waals surface area contributed by atoms with Gasteiger partial charge in [0, 0.05) is 23.4 Å². The van der Waals surface area contributed by atoms with E-state index in [1.165, 1.54) is 29.9 Å². The molecule has 1 saturated carbocycles. The number of aromatic nitrogens is 3. The third kappa shape index (κ3) is 2.52. The molecule has 1 aliphatic carbocycles. The number of nitrogen functional groups attached to an aromatic ring is 1. The lowest BCUT2D eigenvalue weighted by Crippen LogP contribution is -1.97. The van der Waals surface area contributed by atoms with Gasteiger partial charge in [0.1, 0.15) is 6.61 Å². The fraction of sp³-hybridized carbons (Fsp3) is 0.364. The van der Waals surface area contributed by atoms with Crippen LogP contribution in [0.15, 0.2) is 18.3 Å². The maximum atomic E-state index is 5.46. The molecule has 6 heteroatoms. The second-order valence-electron chi connectivity index (χ2n) is 4.06. The van der Waals surface area contributed by atoms with Gasteiger partial charge in [0.15, 0.2) is 0 Å². The van der Waals surface area contributed by atoms with Crippen molar-refractivity contribution in [3.63, 3.8) is 0 Å². The van der Waals surface area contributed by atoms with Gasteiger partial charge in [-0.1, -0.05) is 11.2 Å². The van der Waals surface area contributed by atoms with Gasteiger partial charge in [-0.3, -0.25) is 4.98 Å². The zero-order chi connectivity index (χ0) is 11.7. The molecular weight excluding hydrogens is 236 g/mol. The van der Waals surface area contributed by atoms with Crippen LogP contribution in [0, 0.1) is 0 Å². The summed E-state index contributed by atoms with van der Waals surface area (Å²) in [6, 6.07) is 4.12. The first kappa shape index (κ1) is 10.5. The van der Waals surface area contributed by atoms with Crippen molar-refractivity contribution in [1.82, 2.24) is 15.2 Å². The number of nitrogens with two attached hydrogens (primary N) is 1. The SMILES string of the molecule is Nc1nnc(OCc2ccc(C3CC3)nc2)s1. The third-order valence-electron chi connectivity index (χ3n) is 2.63. The van der Waals surface area contributed by atoms with Gasteiger partial charge >= 0.3 is 0 Å². The van der Waals surface area contributed by atoms with Crippen molar-refractivity contribution >= 4 is 16.5 Å². The van der Waals surface area contributed by atoms with E-state index in [-0.39, 0.29) is 0 Å². The van der Waals surface area contributed by atoms with Gasteiger partial charge in [0.2, 0.25) is 5.13 Å². The molecule has 2 aromatic rings. The summed E-state index contributed by atoms with van der Waals surface area (Å²) in [7, 11) is 0. The number of hydrogen-bond donors (Lipinski definition) is 1. The number of rotatable bonds is 4. The molecule has 0 spiro atoms. The van der Waals surface area contributed by atoms with Gasteiger partial charge < -0.3 is 10.5 Å². The standard InChI is InChI=1S/C11H12N4OS/c12-10-14-15-11(17-10)16-6-7-1-4-9(13-5-7)8-2-3-8/h1,4-5,8H,2-3,6H2,(H2,12,14). The second-order valence-corrected chi connectivity index (χ2v) is 5.03. The molecule has 0 aliphatic heterocycles. The molecule has 1 aliphatic rings. The van der Waals surface area contributed by atoms with Crippen LogP contribution in [0.5, 0.6) is 5.19 Å². The number of hydrogen-bond acceptors (Lipinski definition) is 6. The van der Waals surface area contributed by atoms with Crippen molar-refractivity contribution in [3.05, 3.63) is 29.6 Å². The molecule has 0 amide bonds. The smallest absolute Gasteiger partial charge is 0.296 e. The minimum Gasteiger partial charge on any atom is -0.464 e. The topological polar surface area (TPSA) is 73.9 Å². The maximum absolute atomic E-state index is 5.46. The first-order chi connectivity index (χ1) is 8.31. The Hall–Kier alpha value is -1.69. The van der Waals surface area contributed by atoms with Crippen molar-refractivity contribution in [2.75, 3.05) is 5.73 Å². The lowest BCUT2D eigenvalue weighted by atomic mass is 10.2. The summed E-state index contributed by atoms with van der Waals surface area (Å²) in [5, 5.41) is 8.38. The highest BCUT2D eigenvalue weighted by Crippen LogP contribution is 2.38. The largest absolute Gasteiger partial charge is 0.464 e. The van der Waals surface area contributed by atoms with E-state index in [2.05, 4.69) is 21.2 Å². The second kappa shape index (κ2) is 4.29. The molecule has 3 rings (SSSR count). The van der Waals surface area contributed by atoms with Crippen LogP contribution < -0.4 is 10.5 Å². The third-order valence-corrected chi connectivity index (χ3v) is 3.29. The van der Waals surface area contributed by atoms with Crippen LogP contribution in [0.1, 0.15) is 30.0 Å². The molecule has 0 saturated heterocycles. The molecule has 2 N–H and O–H groups in total. The molecule has 0 radical (unpaired) electrons. The van der Waals surface area contributed by atoms with Gasteiger partial charge in [0.05, 0.1) is 0 Å². The van der Waals surface area contributed by atoms with Gasteiger partial charge in [-0.25, -0.2) is 0 Å². The lowest BCUT2D eigenvalue weighted by molar-refractivity contribution is 0.301. The molecule has 1 fully saturated rings. The van der Waals surface area contributed by atoms with Gasteiger partial charge in [-0.05, 0) is 30.2 Å². The summed E-state index contributed by atoms with van der Waals surface area (Å²) >= 11 is 1.24. The summed E-state index contributed by atoms with van der Waals surface area (Å²) in [5.74, 6) is 0.688. The average Bonchev–Trinajstić information content (AvgIpc) is 3.11. The van der Waals surface area contributed by atoms with E-state index >= 15 is 0 Å². The zero-order valence-electron chi connectivity index (χ0n) is 9.17. The molecule has 0 unspecified atom stereocenters. The zero-order valence-corrected chi connectivity index (χ0v) is 9.98. The molecule has 5 nitrogen and oxygen atoms in total. The monoisotopic (exact) mass is 248 g/mol. The highest BCUT2D eigenvalue weighted by atomic mass is 32.1. The van der Waals surface area contributed by atoms with Crippen LogP contribution in [0.3, 0.4) is 0 Å². The van der Waals surface area contributed by atoms with E-state index in [0.717, 1.165) is 5.56 Å². The van der Waals surface area contributed by atoms with Crippen molar-refractivity contribution in [2.45, 2.75) is 25.4 Å². The van der Waals surface area contributed by atoms with E-state index in [9.17, 15) is 0 Å². The molecule has 17 heavy (non-hydrogen) atoms. The van der Waals surface area contributed by atoms with Gasteiger partial charge in [-0.2, -0.15) is 0 Å². The predicted molar refractivity (Wildman–Crippen MR) is 64.9 cm³/mol. The normalized spacial score (nSPS) is 14.8. The average molecular weight is 248 g/mol. The summed E-state index contributed by atoms with van der Waals surface area (Å²) in [6.45, 7) is 0.451. The molecule has 0 aromatic carbocycles. The van der Waals surface area contributed by atoms with Crippen molar-refractivity contribution in [1.29, 1.82) is 0 Å². The van der Waals surface area contributed by atoms with Crippen LogP contribution in [-0.4, -0.2) is 15.2 Å². The van der Waals surface area contributed by atoms with Crippen LogP contribution in [0.4, 0.5) is 5.13 Å². The number of pyridine rings is 1. The Balaban J connectivity index is 1.60. The summed E-state index contributed by atoms with van der Waals surface area (Å²) < 4.78 is 5.45. The first-order valence-electron chi connectivity index (χ1n) is 5.48. The molecule has 0 bridgehead atoms. The Bertz CT molecular complexity index is 506. The molecule has 0 atom stereocenters. The number of anilines is 1. The van der Waals surface area contributed by atoms with E-state index < -0.39 is 0 Å². The Morgan fingerprint density at radius 1 is 1.35 bits per heavy atom. The van der Waals surface area contributed by atoms with Crippen molar-refractivity contribution in [2.24, 2.45) is 0 Å². The highest BCUT2D eigenvalue weighted by molar-refractivity contribution is 7.16. The van der Waals surface area contributed by atoms with Gasteiger partial charge in [-0.15, -0.1) is 5.10 Å². The van der Waals surface area contributed by atoms with E-state index in [1.54, 1.807) is 0 Å². The van der Waals surface area contributed by atoms with Gasteiger partial charge in [0.25, 0.3) is 5.19 Å². The summed E-state index contributed by atoms with van der Waals surface area (Å²) in [6.07, 6.45) is 4.40. The molecule has 88 valence electrons. The van der Waals surface area contributed by atoms with Crippen LogP contribution >= 0.6 is 11.3 Å². The molecular formula is C11H12N4OS.